The summed E-state index contributed by atoms with van der Waals surface area (Å²) in [6.07, 6.45) is 0. The molecule has 3 aromatic rings. The number of hydrogen-bond acceptors (Lipinski definition) is 2. The molecule has 0 radical (unpaired) electrons. The fraction of sp³-hybridized carbons (Fsp3) is 0.143. The van der Waals surface area contributed by atoms with E-state index in [9.17, 15) is 12.8 Å². The highest BCUT2D eigenvalue weighted by Gasteiger charge is 2.26. The first-order chi connectivity index (χ1) is 12.4. The van der Waals surface area contributed by atoms with Gasteiger partial charge in [-0.05, 0) is 55.3 Å². The molecule has 0 N–H and O–H groups in total. The highest BCUT2D eigenvalue weighted by Crippen LogP contribution is 2.28. The van der Waals surface area contributed by atoms with Crippen molar-refractivity contribution in [2.75, 3.05) is 4.31 Å². The van der Waals surface area contributed by atoms with Crippen molar-refractivity contribution in [3.63, 3.8) is 0 Å². The van der Waals surface area contributed by atoms with Crippen LogP contribution in [-0.2, 0) is 16.6 Å². The second-order valence-electron chi connectivity index (χ2n) is 6.24. The number of nitrogens with zero attached hydrogens (tertiary/aromatic N) is 1. The van der Waals surface area contributed by atoms with Gasteiger partial charge in [0.1, 0.15) is 5.82 Å². The van der Waals surface area contributed by atoms with Crippen molar-refractivity contribution in [3.8, 4) is 0 Å². The molecule has 3 rings (SSSR count). The molecule has 134 valence electrons. The maximum atomic E-state index is 13.4. The van der Waals surface area contributed by atoms with E-state index in [1.807, 2.05) is 25.1 Å². The van der Waals surface area contributed by atoms with Gasteiger partial charge in [0.05, 0.1) is 17.1 Å². The minimum Gasteiger partial charge on any atom is -0.262 e. The molecular weight excluding hydrogens is 349 g/mol. The fourth-order valence-corrected chi connectivity index (χ4v) is 4.43. The van der Waals surface area contributed by atoms with Gasteiger partial charge in [-0.1, -0.05) is 48.0 Å². The van der Waals surface area contributed by atoms with Crippen LogP contribution >= 0.6 is 0 Å². The molecule has 26 heavy (non-hydrogen) atoms. The maximum Gasteiger partial charge on any atom is 0.264 e. The normalized spacial score (nSPS) is 11.3. The Morgan fingerprint density at radius 3 is 2.08 bits per heavy atom. The summed E-state index contributed by atoms with van der Waals surface area (Å²) in [5, 5.41) is 0. The van der Waals surface area contributed by atoms with Gasteiger partial charge in [-0.25, -0.2) is 12.8 Å². The van der Waals surface area contributed by atoms with Crippen LogP contribution in [0, 0.1) is 19.7 Å². The van der Waals surface area contributed by atoms with E-state index in [0.29, 0.717) is 16.8 Å². The third-order valence-electron chi connectivity index (χ3n) is 4.22. The summed E-state index contributed by atoms with van der Waals surface area (Å²) in [6, 6.07) is 20.1. The third-order valence-corrected chi connectivity index (χ3v) is 6.16. The molecule has 0 unspecified atom stereocenters. The Bertz CT molecular complexity index is 997. The molecule has 0 spiro atoms. The monoisotopic (exact) mass is 369 g/mol. The topological polar surface area (TPSA) is 37.4 Å². The number of benzene rings is 3. The first-order valence-electron chi connectivity index (χ1n) is 8.27. The van der Waals surface area contributed by atoms with Crippen LogP contribution in [0.15, 0.2) is 77.7 Å². The Balaban J connectivity index is 2.09. The summed E-state index contributed by atoms with van der Waals surface area (Å²) in [5.74, 6) is -0.350. The number of halogens is 1. The van der Waals surface area contributed by atoms with Crippen LogP contribution in [0.1, 0.15) is 16.7 Å². The van der Waals surface area contributed by atoms with Crippen molar-refractivity contribution >= 4 is 15.7 Å². The van der Waals surface area contributed by atoms with E-state index in [4.69, 9.17) is 0 Å². The van der Waals surface area contributed by atoms with Crippen molar-refractivity contribution in [3.05, 3.63) is 95.3 Å². The molecule has 0 aliphatic heterocycles. The number of hydrogen-bond donors (Lipinski definition) is 0. The van der Waals surface area contributed by atoms with Crippen molar-refractivity contribution < 1.29 is 12.8 Å². The van der Waals surface area contributed by atoms with Gasteiger partial charge in [-0.3, -0.25) is 4.31 Å². The second kappa shape index (κ2) is 7.30. The van der Waals surface area contributed by atoms with E-state index in [-0.39, 0.29) is 17.3 Å². The lowest BCUT2D eigenvalue weighted by Crippen LogP contribution is -2.31. The van der Waals surface area contributed by atoms with Gasteiger partial charge in [0.15, 0.2) is 0 Å². The summed E-state index contributed by atoms with van der Waals surface area (Å²) in [5.41, 5.74) is 3.01. The van der Waals surface area contributed by atoms with Gasteiger partial charge in [0.2, 0.25) is 0 Å². The molecule has 0 atom stereocenters. The average Bonchev–Trinajstić information content (AvgIpc) is 2.62. The zero-order chi connectivity index (χ0) is 18.7. The van der Waals surface area contributed by atoms with Crippen molar-refractivity contribution in [1.82, 2.24) is 0 Å². The van der Waals surface area contributed by atoms with Gasteiger partial charge >= 0.3 is 0 Å². The Labute approximate surface area is 153 Å². The lowest BCUT2D eigenvalue weighted by atomic mass is 10.2. The molecule has 0 fully saturated rings. The molecule has 0 aliphatic carbocycles. The Hall–Kier alpha value is -2.66. The van der Waals surface area contributed by atoms with E-state index in [1.54, 1.807) is 49.4 Å². The zero-order valence-corrected chi connectivity index (χ0v) is 15.5. The fourth-order valence-electron chi connectivity index (χ4n) is 2.75. The van der Waals surface area contributed by atoms with Crippen LogP contribution in [0.3, 0.4) is 0 Å². The van der Waals surface area contributed by atoms with Gasteiger partial charge in [0, 0.05) is 0 Å². The number of rotatable bonds is 5. The number of aryl methyl sites for hydroxylation is 2. The molecule has 0 heterocycles. The van der Waals surface area contributed by atoms with Gasteiger partial charge < -0.3 is 0 Å². The SMILES string of the molecule is Cc1ccc(N(Cc2ccc(F)cc2)S(=O)(=O)c2ccccc2C)cc1. The van der Waals surface area contributed by atoms with E-state index in [1.165, 1.54) is 16.4 Å². The maximum absolute atomic E-state index is 13.4. The van der Waals surface area contributed by atoms with Crippen LogP contribution < -0.4 is 4.31 Å². The van der Waals surface area contributed by atoms with Crippen LogP contribution in [0.4, 0.5) is 10.1 Å². The predicted octanol–water partition coefficient (Wildman–Crippen LogP) is 4.84. The van der Waals surface area contributed by atoms with Crippen molar-refractivity contribution in [1.29, 1.82) is 0 Å². The molecule has 0 saturated heterocycles. The van der Waals surface area contributed by atoms with Crippen LogP contribution in [-0.4, -0.2) is 8.42 Å². The van der Waals surface area contributed by atoms with Crippen molar-refractivity contribution in [2.45, 2.75) is 25.3 Å². The van der Waals surface area contributed by atoms with E-state index in [0.717, 1.165) is 5.56 Å². The highest BCUT2D eigenvalue weighted by atomic mass is 32.2. The summed E-state index contributed by atoms with van der Waals surface area (Å²) in [4.78, 5) is 0.266. The van der Waals surface area contributed by atoms with Crippen molar-refractivity contribution in [2.24, 2.45) is 0 Å². The van der Waals surface area contributed by atoms with Crippen LogP contribution in [0.25, 0.3) is 0 Å². The summed E-state index contributed by atoms with van der Waals surface area (Å²) < 4.78 is 41.3. The number of sulfonamides is 1. The Morgan fingerprint density at radius 1 is 0.846 bits per heavy atom. The lowest BCUT2D eigenvalue weighted by molar-refractivity contribution is 0.589. The molecule has 5 heteroatoms. The summed E-state index contributed by atoms with van der Waals surface area (Å²) in [7, 11) is -3.77. The summed E-state index contributed by atoms with van der Waals surface area (Å²) in [6.45, 7) is 3.85. The molecule has 0 bridgehead atoms. The van der Waals surface area contributed by atoms with E-state index >= 15 is 0 Å². The Kier molecular flexibility index (Phi) is 5.09. The molecule has 0 amide bonds. The summed E-state index contributed by atoms with van der Waals surface area (Å²) >= 11 is 0. The molecule has 0 aliphatic rings. The minimum absolute atomic E-state index is 0.125. The minimum atomic E-state index is -3.77. The predicted molar refractivity (Wildman–Crippen MR) is 102 cm³/mol. The first kappa shape index (κ1) is 18.1. The molecule has 3 nitrogen and oxygen atoms in total. The molecule has 3 aromatic carbocycles. The van der Waals surface area contributed by atoms with Gasteiger partial charge in [-0.2, -0.15) is 0 Å². The van der Waals surface area contributed by atoms with E-state index in [2.05, 4.69) is 0 Å². The standard InChI is InChI=1S/C21H20FNO2S/c1-16-7-13-20(14-8-16)23(15-18-9-11-19(22)12-10-18)26(24,25)21-6-4-3-5-17(21)2/h3-14H,15H2,1-2H3. The zero-order valence-electron chi connectivity index (χ0n) is 14.7. The van der Waals surface area contributed by atoms with Crippen LogP contribution in [0.2, 0.25) is 0 Å². The second-order valence-corrected chi connectivity index (χ2v) is 8.07. The van der Waals surface area contributed by atoms with Gasteiger partial charge in [0.25, 0.3) is 10.0 Å². The highest BCUT2D eigenvalue weighted by molar-refractivity contribution is 7.92. The average molecular weight is 369 g/mol. The Morgan fingerprint density at radius 2 is 1.46 bits per heavy atom. The quantitative estimate of drug-likeness (QED) is 0.645. The molecule has 0 aromatic heterocycles. The molecule has 0 saturated carbocycles. The van der Waals surface area contributed by atoms with E-state index < -0.39 is 10.0 Å². The smallest absolute Gasteiger partial charge is 0.262 e. The molecular formula is C21H20FNO2S. The lowest BCUT2D eigenvalue weighted by Gasteiger charge is -2.25. The largest absolute Gasteiger partial charge is 0.264 e. The van der Waals surface area contributed by atoms with Crippen LogP contribution in [0.5, 0.6) is 0 Å². The van der Waals surface area contributed by atoms with Gasteiger partial charge in [-0.15, -0.1) is 0 Å². The third kappa shape index (κ3) is 3.78. The first-order valence-corrected chi connectivity index (χ1v) is 9.71. The number of anilines is 1.